The highest BCUT2D eigenvalue weighted by molar-refractivity contribution is 5.91. The molecule has 0 bridgehead atoms. The molecule has 1 aliphatic rings. The van der Waals surface area contributed by atoms with Gasteiger partial charge in [-0.1, -0.05) is 65.0 Å². The predicted molar refractivity (Wildman–Crippen MR) is 169 cm³/mol. The van der Waals surface area contributed by atoms with Crippen LogP contribution in [-0.4, -0.2) is 72.0 Å². The molecule has 1 aromatic heterocycles. The number of aldehydes is 1. The molecule has 0 spiro atoms. The normalized spacial score (nSPS) is 17.8. The van der Waals surface area contributed by atoms with Gasteiger partial charge in [0.1, 0.15) is 36.8 Å². The van der Waals surface area contributed by atoms with Crippen LogP contribution in [0.3, 0.4) is 0 Å². The van der Waals surface area contributed by atoms with Crippen molar-refractivity contribution in [2.24, 2.45) is 11.3 Å². The average molecular weight is 619 g/mol. The summed E-state index contributed by atoms with van der Waals surface area (Å²) >= 11 is 0. The van der Waals surface area contributed by atoms with Gasteiger partial charge in [0.15, 0.2) is 0 Å². The second-order valence-corrected chi connectivity index (χ2v) is 12.6. The van der Waals surface area contributed by atoms with Gasteiger partial charge in [-0.05, 0) is 46.5 Å². The molecule has 1 fully saturated rings. The van der Waals surface area contributed by atoms with Gasteiger partial charge in [0.25, 0.3) is 0 Å². The third-order valence-corrected chi connectivity index (χ3v) is 7.78. The van der Waals surface area contributed by atoms with Crippen LogP contribution in [0.5, 0.6) is 11.6 Å². The number of urea groups is 1. The van der Waals surface area contributed by atoms with E-state index in [0.717, 1.165) is 22.6 Å². The van der Waals surface area contributed by atoms with Crippen molar-refractivity contribution in [2.75, 3.05) is 13.7 Å². The van der Waals surface area contributed by atoms with E-state index in [4.69, 9.17) is 14.2 Å². The standard InChI is InChI=1S/C34H42N4O7/c1-21(2)28(32(41)44-20-22-10-8-7-9-11-22)36-33(42)37-29(34(3,4)5)31(40)38-18-26(17-24(38)19-39)45-30-27-13-12-25(43-6)16-23(27)14-15-35-30/h7-16,19,21,24,26,28-29H,17-18,20H2,1-6H3,(H2,36,37,42)/t24-,26+,28-,29?/m0/s1. The van der Waals surface area contributed by atoms with Crippen molar-refractivity contribution < 1.29 is 33.4 Å². The van der Waals surface area contributed by atoms with Gasteiger partial charge in [0.2, 0.25) is 11.8 Å². The van der Waals surface area contributed by atoms with Crippen molar-refractivity contribution in [1.29, 1.82) is 0 Å². The van der Waals surface area contributed by atoms with Crippen LogP contribution in [0, 0.1) is 11.3 Å². The van der Waals surface area contributed by atoms with Crippen LogP contribution >= 0.6 is 0 Å². The zero-order valence-corrected chi connectivity index (χ0v) is 26.6. The molecule has 2 heterocycles. The van der Waals surface area contributed by atoms with Gasteiger partial charge >= 0.3 is 12.0 Å². The van der Waals surface area contributed by atoms with Crippen LogP contribution in [-0.2, 0) is 25.7 Å². The van der Waals surface area contributed by atoms with E-state index in [1.54, 1.807) is 27.2 Å². The van der Waals surface area contributed by atoms with Crippen LogP contribution in [0.2, 0.25) is 0 Å². The first kappa shape index (κ1) is 33.2. The maximum Gasteiger partial charge on any atom is 0.329 e. The summed E-state index contributed by atoms with van der Waals surface area (Å²) in [5.41, 5.74) is 0.100. The quantitative estimate of drug-likeness (QED) is 0.240. The number of aromatic nitrogens is 1. The molecule has 45 heavy (non-hydrogen) atoms. The molecule has 11 heteroatoms. The van der Waals surface area contributed by atoms with Gasteiger partial charge in [0.05, 0.1) is 19.7 Å². The van der Waals surface area contributed by atoms with Gasteiger partial charge < -0.3 is 34.5 Å². The van der Waals surface area contributed by atoms with Crippen LogP contribution in [0.1, 0.15) is 46.6 Å². The molecule has 3 aromatic rings. The molecule has 11 nitrogen and oxygen atoms in total. The summed E-state index contributed by atoms with van der Waals surface area (Å²) in [4.78, 5) is 58.0. The Hall–Kier alpha value is -4.67. The number of hydrogen-bond donors (Lipinski definition) is 2. The van der Waals surface area contributed by atoms with Crippen molar-refractivity contribution >= 4 is 35.0 Å². The number of likely N-dealkylation sites (tertiary alicyclic amines) is 1. The summed E-state index contributed by atoms with van der Waals surface area (Å²) in [5.74, 6) is -0.190. The monoisotopic (exact) mass is 618 g/mol. The zero-order chi connectivity index (χ0) is 32.7. The number of carbonyl (C=O) groups excluding carboxylic acids is 4. The van der Waals surface area contributed by atoms with E-state index in [-0.39, 0.29) is 25.5 Å². The number of esters is 1. The first-order valence-electron chi connectivity index (χ1n) is 15.0. The number of amides is 3. The molecule has 1 unspecified atom stereocenters. The second-order valence-electron chi connectivity index (χ2n) is 12.6. The summed E-state index contributed by atoms with van der Waals surface area (Å²) in [6, 6.07) is 13.3. The highest BCUT2D eigenvalue weighted by Crippen LogP contribution is 2.31. The van der Waals surface area contributed by atoms with Gasteiger partial charge in [0, 0.05) is 18.0 Å². The van der Waals surface area contributed by atoms with Crippen LogP contribution in [0.25, 0.3) is 10.8 Å². The number of nitrogens with zero attached hydrogens (tertiary/aromatic N) is 2. The van der Waals surface area contributed by atoms with Gasteiger partial charge in [-0.2, -0.15) is 0 Å². The number of nitrogens with one attached hydrogen (secondary N) is 2. The third kappa shape index (κ3) is 8.29. The van der Waals surface area contributed by atoms with Crippen molar-refractivity contribution in [2.45, 2.75) is 71.9 Å². The fraction of sp³-hybridized carbons (Fsp3) is 0.441. The summed E-state index contributed by atoms with van der Waals surface area (Å²) < 4.78 is 17.0. The molecule has 3 amide bonds. The molecule has 0 radical (unpaired) electrons. The van der Waals surface area contributed by atoms with E-state index in [0.29, 0.717) is 11.6 Å². The van der Waals surface area contributed by atoms with Crippen LogP contribution in [0.15, 0.2) is 60.8 Å². The number of pyridine rings is 1. The van der Waals surface area contributed by atoms with Crippen molar-refractivity contribution in [1.82, 2.24) is 20.5 Å². The molecule has 2 N–H and O–H groups in total. The molecule has 1 aliphatic heterocycles. The number of ether oxygens (including phenoxy) is 3. The average Bonchev–Trinajstić information content (AvgIpc) is 3.43. The Morgan fingerprint density at radius 3 is 2.44 bits per heavy atom. The fourth-order valence-electron chi connectivity index (χ4n) is 5.25. The Kier molecular flexibility index (Phi) is 10.6. The molecule has 4 atom stereocenters. The summed E-state index contributed by atoms with van der Waals surface area (Å²) in [6.45, 7) is 9.24. The van der Waals surface area contributed by atoms with Crippen molar-refractivity contribution in [3.8, 4) is 11.6 Å². The molecule has 1 saturated heterocycles. The molecule has 240 valence electrons. The molecular weight excluding hydrogens is 576 g/mol. The lowest BCUT2D eigenvalue weighted by Gasteiger charge is -2.35. The molecule has 4 rings (SSSR count). The smallest absolute Gasteiger partial charge is 0.329 e. The molecule has 2 aromatic carbocycles. The first-order valence-corrected chi connectivity index (χ1v) is 15.0. The minimum Gasteiger partial charge on any atom is -0.497 e. The molecule has 0 aliphatic carbocycles. The van der Waals surface area contributed by atoms with Crippen molar-refractivity contribution in [3.05, 3.63) is 66.4 Å². The Labute approximate surface area is 263 Å². The number of methoxy groups -OCH3 is 1. The second kappa shape index (κ2) is 14.4. The lowest BCUT2D eigenvalue weighted by molar-refractivity contribution is -0.148. The molecular formula is C34H42N4O7. The SMILES string of the molecule is COc1ccc2c(O[C@@H]3C[C@@H](C=O)N(C(=O)C(NC(=O)N[C@H](C(=O)OCc4ccccc4)C(C)C)C(C)(C)C)C3)nccc2c1. The first-order chi connectivity index (χ1) is 21.4. The topological polar surface area (TPSA) is 136 Å². The van der Waals surface area contributed by atoms with E-state index in [2.05, 4.69) is 15.6 Å². The Morgan fingerprint density at radius 1 is 1.07 bits per heavy atom. The fourth-order valence-corrected chi connectivity index (χ4v) is 5.25. The summed E-state index contributed by atoms with van der Waals surface area (Å²) in [7, 11) is 1.59. The summed E-state index contributed by atoms with van der Waals surface area (Å²) in [5, 5.41) is 7.10. The van der Waals surface area contributed by atoms with Gasteiger partial charge in [-0.15, -0.1) is 0 Å². The highest BCUT2D eigenvalue weighted by atomic mass is 16.5. The van der Waals surface area contributed by atoms with Gasteiger partial charge in [-0.3, -0.25) is 4.79 Å². The number of fused-ring (bicyclic) bond motifs is 1. The Bertz CT molecular complexity index is 1510. The maximum atomic E-state index is 13.9. The minimum atomic E-state index is -1.00. The number of rotatable bonds is 11. The van der Waals surface area contributed by atoms with E-state index < -0.39 is 47.6 Å². The number of benzene rings is 2. The van der Waals surface area contributed by atoms with E-state index >= 15 is 0 Å². The maximum absolute atomic E-state index is 13.9. The number of hydrogen-bond acceptors (Lipinski definition) is 8. The highest BCUT2D eigenvalue weighted by Gasteiger charge is 2.43. The van der Waals surface area contributed by atoms with E-state index in [9.17, 15) is 19.2 Å². The largest absolute Gasteiger partial charge is 0.497 e. The Balaban J connectivity index is 1.44. The lowest BCUT2D eigenvalue weighted by atomic mass is 9.85. The Morgan fingerprint density at radius 2 is 1.80 bits per heavy atom. The lowest BCUT2D eigenvalue weighted by Crippen LogP contribution is -2.59. The van der Waals surface area contributed by atoms with Gasteiger partial charge in [-0.25, -0.2) is 14.6 Å². The van der Waals surface area contributed by atoms with Crippen LogP contribution < -0.4 is 20.1 Å². The van der Waals surface area contributed by atoms with Crippen LogP contribution in [0.4, 0.5) is 4.79 Å². The van der Waals surface area contributed by atoms with E-state index in [1.165, 1.54) is 4.90 Å². The number of carbonyl (C=O) groups is 4. The van der Waals surface area contributed by atoms with E-state index in [1.807, 2.05) is 75.4 Å². The van der Waals surface area contributed by atoms with Crippen molar-refractivity contribution in [3.63, 3.8) is 0 Å². The molecule has 0 saturated carbocycles. The predicted octanol–water partition coefficient (Wildman–Crippen LogP) is 4.27. The summed E-state index contributed by atoms with van der Waals surface area (Å²) in [6.07, 6.45) is 2.13. The minimum absolute atomic E-state index is 0.0725. The zero-order valence-electron chi connectivity index (χ0n) is 26.6. The third-order valence-electron chi connectivity index (χ3n) is 7.78.